The van der Waals surface area contributed by atoms with E-state index in [0.29, 0.717) is 27.6 Å². The molecule has 5 aliphatic carbocycles. The third kappa shape index (κ3) is 2.60. The van der Waals surface area contributed by atoms with E-state index in [0.717, 1.165) is 30.1 Å². The largest absolute Gasteiger partial charge is 0.393 e. The topological polar surface area (TPSA) is 20.2 Å². The molecule has 0 bridgehead atoms. The number of hydrogen-bond acceptors (Lipinski definition) is 1. The smallest absolute Gasteiger partial charge is 0.0594 e. The van der Waals surface area contributed by atoms with E-state index in [1.165, 1.54) is 51.4 Å². The molecule has 0 aromatic heterocycles. The van der Waals surface area contributed by atoms with Gasteiger partial charge in [0.05, 0.1) is 6.10 Å². The van der Waals surface area contributed by atoms with Crippen molar-refractivity contribution in [3.63, 3.8) is 0 Å². The van der Waals surface area contributed by atoms with Crippen molar-refractivity contribution in [1.82, 2.24) is 0 Å². The molecule has 0 saturated heterocycles. The molecule has 0 aliphatic heterocycles. The highest BCUT2D eigenvalue weighted by molar-refractivity contribution is 5.33. The zero-order chi connectivity index (χ0) is 22.6. The van der Waals surface area contributed by atoms with Gasteiger partial charge in [0.25, 0.3) is 0 Å². The van der Waals surface area contributed by atoms with Crippen LogP contribution in [0.3, 0.4) is 0 Å². The Kier molecular flexibility index (Phi) is 4.82. The van der Waals surface area contributed by atoms with Crippen LogP contribution in [0.25, 0.3) is 0 Å². The zero-order valence-electron chi connectivity index (χ0n) is 21.9. The van der Waals surface area contributed by atoms with Gasteiger partial charge in [-0.05, 0) is 114 Å². The average molecular weight is 427 g/mol. The predicted octanol–water partition coefficient (Wildman–Crippen LogP) is 8.02. The van der Waals surface area contributed by atoms with Gasteiger partial charge in [0.2, 0.25) is 0 Å². The minimum atomic E-state index is -0.131. The molecule has 9 atom stereocenters. The van der Waals surface area contributed by atoms with E-state index in [2.05, 4.69) is 61.5 Å². The molecule has 4 fully saturated rings. The van der Waals surface area contributed by atoms with E-state index >= 15 is 0 Å². The third-order valence-corrected chi connectivity index (χ3v) is 13.2. The van der Waals surface area contributed by atoms with Crippen LogP contribution in [0.4, 0.5) is 0 Å². The molecule has 0 unspecified atom stereocenters. The number of rotatable bonds is 1. The molecule has 0 aromatic carbocycles. The van der Waals surface area contributed by atoms with E-state index < -0.39 is 0 Å². The Hall–Kier alpha value is -0.300. The van der Waals surface area contributed by atoms with Crippen molar-refractivity contribution >= 4 is 0 Å². The summed E-state index contributed by atoms with van der Waals surface area (Å²) in [5, 5.41) is 10.8. The maximum atomic E-state index is 10.8. The molecule has 0 aromatic rings. The number of fused-ring (bicyclic) bond motifs is 7. The summed E-state index contributed by atoms with van der Waals surface area (Å²) in [5.41, 5.74) is 3.61. The van der Waals surface area contributed by atoms with Crippen molar-refractivity contribution in [2.24, 2.45) is 56.7 Å². The Morgan fingerprint density at radius 2 is 1.48 bits per heavy atom. The molecule has 0 spiro atoms. The Morgan fingerprint density at radius 3 is 2.16 bits per heavy atom. The molecule has 4 saturated carbocycles. The first-order valence-corrected chi connectivity index (χ1v) is 13.7. The molecular formula is C30H50O. The molecule has 1 nitrogen and oxygen atoms in total. The van der Waals surface area contributed by atoms with Gasteiger partial charge in [-0.3, -0.25) is 0 Å². The Balaban J connectivity index is 1.55. The zero-order valence-corrected chi connectivity index (χ0v) is 21.9. The van der Waals surface area contributed by atoms with Crippen LogP contribution < -0.4 is 0 Å². The van der Waals surface area contributed by atoms with Gasteiger partial charge in [0, 0.05) is 0 Å². The van der Waals surface area contributed by atoms with E-state index in [9.17, 15) is 5.11 Å². The quantitative estimate of drug-likeness (QED) is 0.421. The van der Waals surface area contributed by atoms with E-state index in [1.54, 1.807) is 0 Å². The summed E-state index contributed by atoms with van der Waals surface area (Å²) in [6.45, 7) is 20.4. The van der Waals surface area contributed by atoms with Crippen molar-refractivity contribution in [2.75, 3.05) is 0 Å². The van der Waals surface area contributed by atoms with Gasteiger partial charge in [-0.2, -0.15) is 0 Å². The maximum absolute atomic E-state index is 10.8. The normalized spacial score (nSPS) is 55.7. The van der Waals surface area contributed by atoms with Crippen LogP contribution in [0.15, 0.2) is 11.6 Å². The molecule has 0 amide bonds. The maximum Gasteiger partial charge on any atom is 0.0594 e. The van der Waals surface area contributed by atoms with Crippen LogP contribution >= 0.6 is 0 Å². The van der Waals surface area contributed by atoms with Crippen LogP contribution in [0.5, 0.6) is 0 Å². The van der Waals surface area contributed by atoms with Gasteiger partial charge < -0.3 is 5.11 Å². The molecule has 0 radical (unpaired) electrons. The summed E-state index contributed by atoms with van der Waals surface area (Å²) in [4.78, 5) is 0. The summed E-state index contributed by atoms with van der Waals surface area (Å²) in [6, 6.07) is 0. The van der Waals surface area contributed by atoms with E-state index in [-0.39, 0.29) is 11.5 Å². The Labute approximate surface area is 192 Å². The van der Waals surface area contributed by atoms with Crippen molar-refractivity contribution < 1.29 is 5.11 Å². The fourth-order valence-corrected chi connectivity index (χ4v) is 11.2. The van der Waals surface area contributed by atoms with Crippen molar-refractivity contribution in [1.29, 1.82) is 0 Å². The first-order chi connectivity index (χ1) is 14.3. The van der Waals surface area contributed by atoms with Gasteiger partial charge >= 0.3 is 0 Å². The molecule has 1 N–H and O–H groups in total. The second-order valence-electron chi connectivity index (χ2n) is 14.7. The predicted molar refractivity (Wildman–Crippen MR) is 131 cm³/mol. The van der Waals surface area contributed by atoms with Gasteiger partial charge in [-0.15, -0.1) is 0 Å². The van der Waals surface area contributed by atoms with Gasteiger partial charge in [0.1, 0.15) is 0 Å². The lowest BCUT2D eigenvalue weighted by Crippen LogP contribution is -2.62. The van der Waals surface area contributed by atoms with Gasteiger partial charge in [-0.1, -0.05) is 67.0 Å². The third-order valence-electron chi connectivity index (χ3n) is 13.2. The summed E-state index contributed by atoms with van der Waals surface area (Å²) in [5.74, 6) is 4.02. The molecule has 31 heavy (non-hydrogen) atoms. The first-order valence-electron chi connectivity index (χ1n) is 13.7. The minimum absolute atomic E-state index is 0.0432. The highest BCUT2D eigenvalue weighted by Gasteiger charge is 2.68. The Bertz CT molecular complexity index is 777. The standard InChI is InChI=1S/C30H50O/c1-19(2)20-9-12-24-28(20,6)17-18-29(7)22-10-11-23-26(3,4)25(31)14-15-27(23,5)21(22)13-16-30(24,29)8/h13,19-20,22-25,31H,9-12,14-18H2,1-8H3/t20-,22+,23-,24+,25+,27+,28-,29-,30+/m0/s1. The van der Waals surface area contributed by atoms with Crippen LogP contribution in [0.2, 0.25) is 0 Å². The van der Waals surface area contributed by atoms with Gasteiger partial charge in [-0.25, -0.2) is 0 Å². The lowest BCUT2D eigenvalue weighted by molar-refractivity contribution is -0.165. The number of aliphatic hydroxyl groups is 1. The Morgan fingerprint density at radius 1 is 0.806 bits per heavy atom. The lowest BCUT2D eigenvalue weighted by atomic mass is 9.35. The van der Waals surface area contributed by atoms with Gasteiger partial charge in [0.15, 0.2) is 0 Å². The number of hydrogen-bond donors (Lipinski definition) is 1. The second kappa shape index (κ2) is 6.64. The molecule has 176 valence electrons. The van der Waals surface area contributed by atoms with Crippen molar-refractivity contribution in [3.8, 4) is 0 Å². The molecule has 1 heteroatoms. The highest BCUT2D eigenvalue weighted by Crippen LogP contribution is 2.76. The highest BCUT2D eigenvalue weighted by atomic mass is 16.3. The van der Waals surface area contributed by atoms with Crippen LogP contribution in [-0.2, 0) is 0 Å². The molecule has 5 rings (SSSR count). The van der Waals surface area contributed by atoms with E-state index in [4.69, 9.17) is 0 Å². The van der Waals surface area contributed by atoms with Crippen molar-refractivity contribution in [3.05, 3.63) is 11.6 Å². The minimum Gasteiger partial charge on any atom is -0.393 e. The number of allylic oxidation sites excluding steroid dienone is 2. The van der Waals surface area contributed by atoms with E-state index in [1.807, 2.05) is 5.57 Å². The molecular weight excluding hydrogens is 376 g/mol. The average Bonchev–Trinajstić information content (AvgIpc) is 3.05. The first kappa shape index (κ1) is 22.5. The fraction of sp³-hybridized carbons (Fsp3) is 0.933. The SMILES string of the molecule is CC(C)[C@@H]1CC[C@@H]2[C@@]1(C)CC[C@@]1(C)[C@@H]3CC[C@H]4C(C)(C)[C@H](O)CC[C@]4(C)C3=CC[C@]21C. The molecule has 0 heterocycles. The van der Waals surface area contributed by atoms with Crippen LogP contribution in [0.1, 0.15) is 113 Å². The summed E-state index contributed by atoms with van der Waals surface area (Å²) >= 11 is 0. The number of aliphatic hydroxyl groups excluding tert-OH is 1. The summed E-state index contributed by atoms with van der Waals surface area (Å²) < 4.78 is 0. The second-order valence-corrected chi connectivity index (χ2v) is 14.7. The summed E-state index contributed by atoms with van der Waals surface area (Å²) in [6.07, 6.45) is 14.6. The lowest BCUT2D eigenvalue weighted by Gasteiger charge is -2.69. The summed E-state index contributed by atoms with van der Waals surface area (Å²) in [7, 11) is 0. The van der Waals surface area contributed by atoms with Crippen molar-refractivity contribution in [2.45, 2.75) is 119 Å². The monoisotopic (exact) mass is 426 g/mol. The van der Waals surface area contributed by atoms with Crippen LogP contribution in [-0.4, -0.2) is 11.2 Å². The fourth-order valence-electron chi connectivity index (χ4n) is 11.2. The molecule has 5 aliphatic rings. The van der Waals surface area contributed by atoms with Crippen LogP contribution in [0, 0.1) is 56.7 Å².